The number of aromatic nitrogens is 3. The lowest BCUT2D eigenvalue weighted by molar-refractivity contribution is 0.250. The fraction of sp³-hybridized carbons (Fsp3) is 0.200. The number of anilines is 1. The predicted molar refractivity (Wildman–Crippen MR) is 87.8 cm³/mol. The maximum atomic E-state index is 11.8. The number of amides is 2. The van der Waals surface area contributed by atoms with Crippen LogP contribution in [-0.4, -0.2) is 21.4 Å². The lowest BCUT2D eigenvalue weighted by atomic mass is 10.2. The SMILES string of the molecule is Cc1ccc(OCc2nnc(NC(=O)NCc3ccno3)s2)cc1. The van der Waals surface area contributed by atoms with Gasteiger partial charge in [0.25, 0.3) is 0 Å². The van der Waals surface area contributed by atoms with E-state index in [9.17, 15) is 4.79 Å². The van der Waals surface area contributed by atoms with Gasteiger partial charge in [-0.25, -0.2) is 4.79 Å². The van der Waals surface area contributed by atoms with E-state index >= 15 is 0 Å². The molecule has 0 radical (unpaired) electrons. The van der Waals surface area contributed by atoms with Gasteiger partial charge in [0.05, 0.1) is 12.7 Å². The summed E-state index contributed by atoms with van der Waals surface area (Å²) in [6.45, 7) is 2.55. The molecule has 0 aliphatic carbocycles. The lowest BCUT2D eigenvalue weighted by Gasteiger charge is -2.03. The highest BCUT2D eigenvalue weighted by molar-refractivity contribution is 7.15. The molecule has 0 atom stereocenters. The van der Waals surface area contributed by atoms with Crippen molar-refractivity contribution in [3.05, 3.63) is 52.9 Å². The van der Waals surface area contributed by atoms with Crippen molar-refractivity contribution in [2.75, 3.05) is 5.32 Å². The van der Waals surface area contributed by atoms with E-state index in [0.29, 0.717) is 22.5 Å². The van der Waals surface area contributed by atoms with Crippen molar-refractivity contribution in [2.24, 2.45) is 0 Å². The van der Waals surface area contributed by atoms with Crippen molar-refractivity contribution in [1.29, 1.82) is 0 Å². The number of nitrogens with zero attached hydrogens (tertiary/aromatic N) is 3. The molecule has 0 saturated heterocycles. The van der Waals surface area contributed by atoms with Gasteiger partial charge in [-0.05, 0) is 19.1 Å². The Bertz CT molecular complexity index is 786. The number of hydrogen-bond donors (Lipinski definition) is 2. The molecule has 1 aromatic carbocycles. The summed E-state index contributed by atoms with van der Waals surface area (Å²) in [6, 6.07) is 9.02. The molecule has 2 heterocycles. The van der Waals surface area contributed by atoms with E-state index in [1.54, 1.807) is 6.07 Å². The average molecular weight is 345 g/mol. The summed E-state index contributed by atoms with van der Waals surface area (Å²) in [5.74, 6) is 1.32. The number of hydrogen-bond acceptors (Lipinski definition) is 7. The van der Waals surface area contributed by atoms with Crippen LogP contribution in [0.25, 0.3) is 0 Å². The molecule has 124 valence electrons. The molecule has 2 aromatic heterocycles. The van der Waals surface area contributed by atoms with Crippen LogP contribution in [0, 0.1) is 6.92 Å². The molecule has 24 heavy (non-hydrogen) atoms. The highest BCUT2D eigenvalue weighted by Gasteiger charge is 2.09. The number of urea groups is 1. The number of carbonyl (C=O) groups is 1. The number of aryl methyl sites for hydroxylation is 1. The van der Waals surface area contributed by atoms with Crippen LogP contribution in [-0.2, 0) is 13.2 Å². The zero-order valence-electron chi connectivity index (χ0n) is 12.9. The molecule has 0 unspecified atom stereocenters. The van der Waals surface area contributed by atoms with E-state index in [2.05, 4.69) is 26.0 Å². The van der Waals surface area contributed by atoms with Crippen LogP contribution in [0.4, 0.5) is 9.93 Å². The van der Waals surface area contributed by atoms with Gasteiger partial charge in [-0.2, -0.15) is 0 Å². The van der Waals surface area contributed by atoms with Crippen LogP contribution in [0.3, 0.4) is 0 Å². The summed E-state index contributed by atoms with van der Waals surface area (Å²) >= 11 is 1.25. The van der Waals surface area contributed by atoms with Crippen LogP contribution in [0.15, 0.2) is 41.1 Å². The van der Waals surface area contributed by atoms with Gasteiger partial charge >= 0.3 is 6.03 Å². The van der Waals surface area contributed by atoms with Crippen LogP contribution in [0.1, 0.15) is 16.3 Å². The van der Waals surface area contributed by atoms with Gasteiger partial charge in [0.15, 0.2) is 10.8 Å². The molecule has 0 aliphatic heterocycles. The molecule has 9 heteroatoms. The predicted octanol–water partition coefficient (Wildman–Crippen LogP) is 2.74. The number of benzene rings is 1. The monoisotopic (exact) mass is 345 g/mol. The first kappa shape index (κ1) is 15.9. The normalized spacial score (nSPS) is 10.4. The van der Waals surface area contributed by atoms with Gasteiger partial charge in [0.1, 0.15) is 12.4 Å². The van der Waals surface area contributed by atoms with Crippen LogP contribution >= 0.6 is 11.3 Å². The number of nitrogens with one attached hydrogen (secondary N) is 2. The third kappa shape index (κ3) is 4.53. The summed E-state index contributed by atoms with van der Waals surface area (Å²) < 4.78 is 10.5. The third-order valence-corrected chi connectivity index (χ3v) is 3.80. The lowest BCUT2D eigenvalue weighted by Crippen LogP contribution is -2.27. The molecule has 0 saturated carbocycles. The molecule has 0 spiro atoms. The Morgan fingerprint density at radius 2 is 2.08 bits per heavy atom. The largest absolute Gasteiger partial charge is 0.486 e. The molecule has 0 bridgehead atoms. The van der Waals surface area contributed by atoms with E-state index in [4.69, 9.17) is 9.26 Å². The maximum Gasteiger partial charge on any atom is 0.321 e. The van der Waals surface area contributed by atoms with Gasteiger partial charge in [0.2, 0.25) is 5.13 Å². The van der Waals surface area contributed by atoms with Gasteiger partial charge in [-0.15, -0.1) is 10.2 Å². The van der Waals surface area contributed by atoms with Crippen molar-refractivity contribution in [1.82, 2.24) is 20.7 Å². The van der Waals surface area contributed by atoms with Gasteiger partial charge < -0.3 is 14.6 Å². The Morgan fingerprint density at radius 1 is 1.25 bits per heavy atom. The van der Waals surface area contributed by atoms with Gasteiger partial charge in [0, 0.05) is 6.07 Å². The molecular weight excluding hydrogens is 330 g/mol. The minimum atomic E-state index is -0.395. The highest BCUT2D eigenvalue weighted by atomic mass is 32.1. The van der Waals surface area contributed by atoms with Crippen molar-refractivity contribution in [2.45, 2.75) is 20.1 Å². The van der Waals surface area contributed by atoms with E-state index < -0.39 is 6.03 Å². The molecule has 8 nitrogen and oxygen atoms in total. The fourth-order valence-corrected chi connectivity index (χ4v) is 2.43. The zero-order valence-corrected chi connectivity index (χ0v) is 13.7. The average Bonchev–Trinajstić information content (AvgIpc) is 3.24. The number of ether oxygens (including phenoxy) is 1. The summed E-state index contributed by atoms with van der Waals surface area (Å²) in [6.07, 6.45) is 1.51. The second-order valence-corrected chi connectivity index (χ2v) is 5.95. The van der Waals surface area contributed by atoms with Crippen LogP contribution in [0.5, 0.6) is 5.75 Å². The molecule has 2 amide bonds. The first-order chi connectivity index (χ1) is 11.7. The smallest absolute Gasteiger partial charge is 0.321 e. The third-order valence-electron chi connectivity index (χ3n) is 2.99. The second kappa shape index (κ2) is 7.55. The first-order valence-electron chi connectivity index (χ1n) is 7.15. The topological polar surface area (TPSA) is 102 Å². The first-order valence-corrected chi connectivity index (χ1v) is 7.97. The molecule has 0 fully saturated rings. The summed E-state index contributed by atoms with van der Waals surface area (Å²) in [5.41, 5.74) is 1.17. The molecule has 3 aromatic rings. The standard InChI is InChI=1S/C15H15N5O3S/c1-10-2-4-11(5-3-10)22-9-13-19-20-15(24-13)18-14(21)16-8-12-6-7-17-23-12/h2-7H,8-9H2,1H3,(H2,16,18,20,21). The maximum absolute atomic E-state index is 11.8. The van der Waals surface area contributed by atoms with Crippen LogP contribution in [0.2, 0.25) is 0 Å². The highest BCUT2D eigenvalue weighted by Crippen LogP contribution is 2.18. The summed E-state index contributed by atoms with van der Waals surface area (Å²) in [5, 5.41) is 17.8. The van der Waals surface area contributed by atoms with Crippen molar-refractivity contribution in [3.63, 3.8) is 0 Å². The summed E-state index contributed by atoms with van der Waals surface area (Å²) in [4.78, 5) is 11.8. The van der Waals surface area contributed by atoms with E-state index in [-0.39, 0.29) is 6.54 Å². The zero-order chi connectivity index (χ0) is 16.8. The molecule has 2 N–H and O–H groups in total. The van der Waals surface area contributed by atoms with Gasteiger partial charge in [-0.3, -0.25) is 5.32 Å². The number of rotatable bonds is 6. The molecule has 3 rings (SSSR count). The van der Waals surface area contributed by atoms with Crippen molar-refractivity contribution >= 4 is 22.5 Å². The Kier molecular flexibility index (Phi) is 5.02. The quantitative estimate of drug-likeness (QED) is 0.712. The fourth-order valence-electron chi connectivity index (χ4n) is 1.78. The molecular formula is C15H15N5O3S. The Morgan fingerprint density at radius 3 is 2.83 bits per heavy atom. The summed E-state index contributed by atoms with van der Waals surface area (Å²) in [7, 11) is 0. The van der Waals surface area contributed by atoms with Crippen molar-refractivity contribution in [3.8, 4) is 5.75 Å². The second-order valence-electron chi connectivity index (χ2n) is 4.89. The minimum Gasteiger partial charge on any atom is -0.486 e. The Hall–Kier alpha value is -2.94. The molecule has 0 aliphatic rings. The Balaban J connectivity index is 1.46. The minimum absolute atomic E-state index is 0.244. The van der Waals surface area contributed by atoms with E-state index in [1.165, 1.54) is 23.1 Å². The number of carbonyl (C=O) groups excluding carboxylic acids is 1. The Labute approximate surface area is 141 Å². The van der Waals surface area contributed by atoms with Crippen LogP contribution < -0.4 is 15.4 Å². The van der Waals surface area contributed by atoms with Gasteiger partial charge in [-0.1, -0.05) is 34.2 Å². The van der Waals surface area contributed by atoms with Crippen molar-refractivity contribution < 1.29 is 14.1 Å². The van der Waals surface area contributed by atoms with E-state index in [1.807, 2.05) is 31.2 Å². The van der Waals surface area contributed by atoms with E-state index in [0.717, 1.165) is 5.75 Å².